The van der Waals surface area contributed by atoms with E-state index >= 15 is 0 Å². The lowest BCUT2D eigenvalue weighted by molar-refractivity contribution is -0.120. The van der Waals surface area contributed by atoms with Crippen LogP contribution < -0.4 is 10.6 Å². The first-order valence-corrected chi connectivity index (χ1v) is 7.60. The zero-order chi connectivity index (χ0) is 17.1. The Morgan fingerprint density at radius 2 is 2.04 bits per heavy atom. The van der Waals surface area contributed by atoms with E-state index in [4.69, 9.17) is 11.6 Å². The predicted octanol–water partition coefficient (Wildman–Crippen LogP) is 2.83. The molecule has 24 heavy (non-hydrogen) atoms. The topological polar surface area (TPSA) is 70.6 Å². The Bertz CT molecular complexity index is 838. The number of rotatable bonds is 2. The number of halogens is 2. The Morgan fingerprint density at radius 3 is 2.79 bits per heavy atom. The van der Waals surface area contributed by atoms with Crippen LogP contribution in [-0.4, -0.2) is 17.8 Å². The van der Waals surface area contributed by atoms with Gasteiger partial charge in [-0.25, -0.2) is 9.38 Å². The molecule has 5 nitrogen and oxygen atoms in total. The number of carbonyl (C=O) groups excluding carboxylic acids is 2. The lowest BCUT2D eigenvalue weighted by Gasteiger charge is -2.21. The van der Waals surface area contributed by atoms with Crippen molar-refractivity contribution in [2.24, 2.45) is 4.99 Å². The summed E-state index contributed by atoms with van der Waals surface area (Å²) in [6, 6.07) is 11.8. The van der Waals surface area contributed by atoms with E-state index in [0.29, 0.717) is 16.1 Å². The zero-order valence-electron chi connectivity index (χ0n) is 12.4. The van der Waals surface area contributed by atoms with E-state index in [1.807, 2.05) is 0 Å². The van der Waals surface area contributed by atoms with Crippen LogP contribution >= 0.6 is 11.6 Å². The zero-order valence-corrected chi connectivity index (χ0v) is 13.2. The number of carbonyl (C=O) groups is 2. The number of amides is 2. The smallest absolute Gasteiger partial charge is 0.258 e. The van der Waals surface area contributed by atoms with Gasteiger partial charge >= 0.3 is 0 Å². The van der Waals surface area contributed by atoms with Crippen LogP contribution in [0.15, 0.2) is 53.5 Å². The lowest BCUT2D eigenvalue weighted by atomic mass is 10.0. The SMILES string of the molecule is O=C1C[C@H](c2ccccc2F)N=C(NC(=O)c2cccc(Cl)c2)N1. The summed E-state index contributed by atoms with van der Waals surface area (Å²) in [6.07, 6.45) is 0.0114. The maximum atomic E-state index is 13.9. The van der Waals surface area contributed by atoms with E-state index in [1.54, 1.807) is 36.4 Å². The van der Waals surface area contributed by atoms with Crippen molar-refractivity contribution in [2.45, 2.75) is 12.5 Å². The van der Waals surface area contributed by atoms with Gasteiger partial charge in [0.2, 0.25) is 11.9 Å². The van der Waals surface area contributed by atoms with E-state index in [0.717, 1.165) is 0 Å². The Kier molecular flexibility index (Phi) is 4.57. The molecule has 0 spiro atoms. The first-order chi connectivity index (χ1) is 11.5. The highest BCUT2D eigenvalue weighted by molar-refractivity contribution is 6.31. The van der Waals surface area contributed by atoms with Gasteiger partial charge in [0, 0.05) is 16.1 Å². The van der Waals surface area contributed by atoms with Gasteiger partial charge < -0.3 is 0 Å². The standard InChI is InChI=1S/C17H13ClFN3O2/c18-11-5-3-4-10(8-11)16(24)22-17-20-14(9-15(23)21-17)12-6-1-2-7-13(12)19/h1-8,14H,9H2,(H2,20,21,22,23,24)/t14-/m1/s1. The van der Waals surface area contributed by atoms with Gasteiger partial charge in [0.05, 0.1) is 12.5 Å². The average molecular weight is 346 g/mol. The Balaban J connectivity index is 1.83. The van der Waals surface area contributed by atoms with Gasteiger partial charge in [-0.1, -0.05) is 35.9 Å². The van der Waals surface area contributed by atoms with Crippen LogP contribution in [-0.2, 0) is 4.79 Å². The van der Waals surface area contributed by atoms with Gasteiger partial charge in [-0.3, -0.25) is 20.2 Å². The van der Waals surface area contributed by atoms with E-state index in [1.165, 1.54) is 12.1 Å². The van der Waals surface area contributed by atoms with Crippen molar-refractivity contribution in [3.05, 3.63) is 70.5 Å². The van der Waals surface area contributed by atoms with Gasteiger partial charge in [-0.15, -0.1) is 0 Å². The van der Waals surface area contributed by atoms with Crippen LogP contribution in [0.2, 0.25) is 5.02 Å². The largest absolute Gasteiger partial charge is 0.296 e. The van der Waals surface area contributed by atoms with Crippen LogP contribution in [0.3, 0.4) is 0 Å². The molecule has 7 heteroatoms. The number of nitrogens with one attached hydrogen (secondary N) is 2. The van der Waals surface area contributed by atoms with Gasteiger partial charge in [0.15, 0.2) is 0 Å². The molecule has 1 heterocycles. The minimum atomic E-state index is -0.686. The highest BCUT2D eigenvalue weighted by Crippen LogP contribution is 2.25. The second kappa shape index (κ2) is 6.80. The van der Waals surface area contributed by atoms with E-state index < -0.39 is 17.8 Å². The van der Waals surface area contributed by atoms with Gasteiger partial charge in [0.1, 0.15) is 5.82 Å². The molecule has 1 atom stereocenters. The van der Waals surface area contributed by atoms with Crippen molar-refractivity contribution in [3.63, 3.8) is 0 Å². The molecule has 0 radical (unpaired) electrons. The molecule has 122 valence electrons. The van der Waals surface area contributed by atoms with Gasteiger partial charge in [-0.2, -0.15) is 0 Å². The van der Waals surface area contributed by atoms with Gasteiger partial charge in [-0.05, 0) is 24.3 Å². The van der Waals surface area contributed by atoms with Crippen molar-refractivity contribution in [3.8, 4) is 0 Å². The molecule has 0 fully saturated rings. The van der Waals surface area contributed by atoms with Crippen molar-refractivity contribution in [2.75, 3.05) is 0 Å². The number of guanidine groups is 1. The summed E-state index contributed by atoms with van der Waals surface area (Å²) in [5.74, 6) is -1.27. The summed E-state index contributed by atoms with van der Waals surface area (Å²) in [6.45, 7) is 0. The molecule has 1 aliphatic rings. The first kappa shape index (κ1) is 16.1. The predicted molar refractivity (Wildman–Crippen MR) is 88.3 cm³/mol. The first-order valence-electron chi connectivity index (χ1n) is 7.22. The summed E-state index contributed by atoms with van der Waals surface area (Å²) < 4.78 is 13.9. The molecular weight excluding hydrogens is 333 g/mol. The second-order valence-corrected chi connectivity index (χ2v) is 5.67. The Hall–Kier alpha value is -2.73. The Morgan fingerprint density at radius 1 is 1.25 bits per heavy atom. The van der Waals surface area contributed by atoms with Crippen molar-refractivity contribution in [1.82, 2.24) is 10.6 Å². The maximum Gasteiger partial charge on any atom is 0.258 e. The molecule has 2 aromatic carbocycles. The molecule has 3 rings (SSSR count). The second-order valence-electron chi connectivity index (χ2n) is 5.23. The number of aliphatic imine (C=N–C) groups is 1. The molecule has 2 N–H and O–H groups in total. The summed E-state index contributed by atoms with van der Waals surface area (Å²) in [7, 11) is 0. The molecule has 0 saturated carbocycles. The number of nitrogens with zero attached hydrogens (tertiary/aromatic N) is 1. The highest BCUT2D eigenvalue weighted by Gasteiger charge is 2.25. The molecule has 0 unspecified atom stereocenters. The summed E-state index contributed by atoms with van der Waals surface area (Å²) in [4.78, 5) is 28.3. The number of hydrogen-bond donors (Lipinski definition) is 2. The molecule has 0 aromatic heterocycles. The normalized spacial score (nSPS) is 17.0. The van der Waals surface area contributed by atoms with E-state index in [-0.39, 0.29) is 18.3 Å². The third-order valence-electron chi connectivity index (χ3n) is 3.50. The third kappa shape index (κ3) is 3.60. The molecule has 1 aliphatic heterocycles. The quantitative estimate of drug-likeness (QED) is 0.878. The van der Waals surface area contributed by atoms with Crippen LogP contribution in [0.5, 0.6) is 0 Å². The van der Waals surface area contributed by atoms with Crippen LogP contribution in [0, 0.1) is 5.82 Å². The van der Waals surface area contributed by atoms with Gasteiger partial charge in [0.25, 0.3) is 5.91 Å². The Labute approximate surface area is 142 Å². The fourth-order valence-corrected chi connectivity index (χ4v) is 2.58. The maximum absolute atomic E-state index is 13.9. The molecule has 0 saturated heterocycles. The lowest BCUT2D eigenvalue weighted by Crippen LogP contribution is -2.47. The van der Waals surface area contributed by atoms with E-state index in [9.17, 15) is 14.0 Å². The van der Waals surface area contributed by atoms with Crippen LogP contribution in [0.4, 0.5) is 4.39 Å². The number of hydrogen-bond acceptors (Lipinski definition) is 3. The van der Waals surface area contributed by atoms with Crippen LogP contribution in [0.1, 0.15) is 28.4 Å². The molecule has 0 aliphatic carbocycles. The highest BCUT2D eigenvalue weighted by atomic mass is 35.5. The van der Waals surface area contributed by atoms with Crippen molar-refractivity contribution in [1.29, 1.82) is 0 Å². The monoisotopic (exact) mass is 345 g/mol. The fourth-order valence-electron chi connectivity index (χ4n) is 2.39. The minimum absolute atomic E-state index is 0.00974. The third-order valence-corrected chi connectivity index (χ3v) is 3.74. The summed E-state index contributed by atoms with van der Waals surface area (Å²) in [5.41, 5.74) is 0.634. The van der Waals surface area contributed by atoms with Crippen molar-refractivity contribution < 1.29 is 14.0 Å². The fraction of sp³-hybridized carbons (Fsp3) is 0.118. The van der Waals surface area contributed by atoms with Crippen LogP contribution in [0.25, 0.3) is 0 Å². The van der Waals surface area contributed by atoms with Crippen molar-refractivity contribution >= 4 is 29.4 Å². The molecule has 0 bridgehead atoms. The van der Waals surface area contributed by atoms with E-state index in [2.05, 4.69) is 15.6 Å². The number of benzene rings is 2. The molecular formula is C17H13ClFN3O2. The summed E-state index contributed by atoms with van der Waals surface area (Å²) in [5, 5.41) is 5.40. The molecule has 2 aromatic rings. The minimum Gasteiger partial charge on any atom is -0.296 e. The molecule has 2 amide bonds. The average Bonchev–Trinajstić information content (AvgIpc) is 2.54. The summed E-state index contributed by atoms with van der Waals surface area (Å²) >= 11 is 5.85.